The van der Waals surface area contributed by atoms with Crippen LogP contribution in [0.4, 0.5) is 0 Å². The number of nitrogens with zero attached hydrogens (tertiary/aromatic N) is 4. The minimum atomic E-state index is -3.68. The van der Waals surface area contributed by atoms with Crippen molar-refractivity contribution in [3.8, 4) is 0 Å². The van der Waals surface area contributed by atoms with Crippen LogP contribution in [-0.4, -0.2) is 78.8 Å². The number of amides is 1. The van der Waals surface area contributed by atoms with Crippen molar-refractivity contribution in [3.63, 3.8) is 0 Å². The minimum absolute atomic E-state index is 0.123. The average molecular weight is 451 g/mol. The molecule has 1 aromatic heterocycles. The number of hydrogen-bond acceptors (Lipinski definition) is 6. The standard InChI is InChI=1S/C21H30N4O5S/c1-3-23-10-12-24(13-11-23)20(26)14-16-6-8-25(9-7-16)31(28,29)17-4-5-18-19(15-17)30-21(27)22(18)2/h4-5,15-16H,3,6-14H2,1-2H3. The van der Waals surface area contributed by atoms with Crippen LogP contribution in [0.5, 0.6) is 0 Å². The molecule has 0 saturated carbocycles. The van der Waals surface area contributed by atoms with Crippen molar-refractivity contribution in [2.24, 2.45) is 13.0 Å². The highest BCUT2D eigenvalue weighted by molar-refractivity contribution is 7.89. The first-order valence-corrected chi connectivity index (χ1v) is 12.3. The number of piperazine rings is 1. The average Bonchev–Trinajstić information content (AvgIpc) is 3.07. The van der Waals surface area contributed by atoms with E-state index in [9.17, 15) is 18.0 Å². The zero-order valence-corrected chi connectivity index (χ0v) is 18.9. The molecule has 9 nitrogen and oxygen atoms in total. The smallest absolute Gasteiger partial charge is 0.408 e. The first-order valence-electron chi connectivity index (χ1n) is 10.9. The third kappa shape index (κ3) is 4.42. The van der Waals surface area contributed by atoms with E-state index >= 15 is 0 Å². The lowest BCUT2D eigenvalue weighted by atomic mass is 9.94. The molecule has 10 heteroatoms. The lowest BCUT2D eigenvalue weighted by Crippen LogP contribution is -2.49. The summed E-state index contributed by atoms with van der Waals surface area (Å²) in [5.74, 6) is -0.134. The second-order valence-corrected chi connectivity index (χ2v) is 10.4. The molecule has 2 aliphatic rings. The van der Waals surface area contributed by atoms with E-state index < -0.39 is 15.8 Å². The number of carbonyl (C=O) groups excluding carboxylic acids is 1. The number of fused-ring (bicyclic) bond motifs is 1. The van der Waals surface area contributed by atoms with Gasteiger partial charge in [0.15, 0.2) is 5.58 Å². The summed E-state index contributed by atoms with van der Waals surface area (Å²) in [5, 5.41) is 0. The molecule has 0 atom stereocenters. The first kappa shape index (κ1) is 22.0. The summed E-state index contributed by atoms with van der Waals surface area (Å²) >= 11 is 0. The van der Waals surface area contributed by atoms with Crippen molar-refractivity contribution in [1.82, 2.24) is 18.7 Å². The van der Waals surface area contributed by atoms with Gasteiger partial charge in [0.1, 0.15) is 0 Å². The summed E-state index contributed by atoms with van der Waals surface area (Å²) in [6.45, 7) is 7.32. The van der Waals surface area contributed by atoms with E-state index in [1.165, 1.54) is 21.0 Å². The van der Waals surface area contributed by atoms with E-state index in [4.69, 9.17) is 4.42 Å². The summed E-state index contributed by atoms with van der Waals surface area (Å²) in [5.41, 5.74) is 0.818. The fourth-order valence-corrected chi connectivity index (χ4v) is 5.95. The predicted octanol–water partition coefficient (Wildman–Crippen LogP) is 1.09. The molecule has 0 N–H and O–H groups in total. The molecule has 0 aliphatic carbocycles. The molecule has 0 unspecified atom stereocenters. The molecule has 31 heavy (non-hydrogen) atoms. The Morgan fingerprint density at radius 3 is 2.42 bits per heavy atom. The van der Waals surface area contributed by atoms with Crippen molar-refractivity contribution in [3.05, 3.63) is 28.7 Å². The largest absolute Gasteiger partial charge is 0.419 e. The number of hydrogen-bond donors (Lipinski definition) is 0. The van der Waals surface area contributed by atoms with Crippen LogP contribution in [0.15, 0.2) is 32.3 Å². The Hall–Kier alpha value is -2.17. The number of likely N-dealkylation sites (N-methyl/N-ethyl adjacent to an activating group) is 1. The molecule has 2 aliphatic heterocycles. The maximum absolute atomic E-state index is 13.1. The van der Waals surface area contributed by atoms with Crippen molar-refractivity contribution in [2.75, 3.05) is 45.8 Å². The number of aryl methyl sites for hydroxylation is 1. The summed E-state index contributed by atoms with van der Waals surface area (Å²) in [6, 6.07) is 4.52. The molecule has 3 heterocycles. The van der Waals surface area contributed by atoms with E-state index in [2.05, 4.69) is 11.8 Å². The van der Waals surface area contributed by atoms with Gasteiger partial charge in [0.25, 0.3) is 0 Å². The highest BCUT2D eigenvalue weighted by Gasteiger charge is 2.32. The van der Waals surface area contributed by atoms with E-state index in [-0.39, 0.29) is 22.3 Å². The maximum atomic E-state index is 13.1. The van der Waals surface area contributed by atoms with E-state index in [0.717, 1.165) is 32.7 Å². The number of rotatable bonds is 5. The van der Waals surface area contributed by atoms with Gasteiger partial charge in [0.05, 0.1) is 10.4 Å². The van der Waals surface area contributed by atoms with Gasteiger partial charge >= 0.3 is 5.76 Å². The molecule has 1 amide bonds. The third-order valence-corrected chi connectivity index (χ3v) is 8.51. The van der Waals surface area contributed by atoms with Crippen LogP contribution in [0.25, 0.3) is 11.1 Å². The lowest BCUT2D eigenvalue weighted by molar-refractivity contribution is -0.134. The number of aromatic nitrogens is 1. The third-order valence-electron chi connectivity index (χ3n) is 6.61. The van der Waals surface area contributed by atoms with Crippen LogP contribution in [-0.2, 0) is 21.9 Å². The topological polar surface area (TPSA) is 96.1 Å². The van der Waals surface area contributed by atoms with Gasteiger partial charge in [0.2, 0.25) is 15.9 Å². The van der Waals surface area contributed by atoms with E-state index in [1.807, 2.05) is 4.90 Å². The van der Waals surface area contributed by atoms with E-state index in [0.29, 0.717) is 37.9 Å². The molecule has 2 saturated heterocycles. The molecule has 0 spiro atoms. The zero-order valence-electron chi connectivity index (χ0n) is 18.1. The molecule has 1 aromatic carbocycles. The maximum Gasteiger partial charge on any atom is 0.419 e. The van der Waals surface area contributed by atoms with Gasteiger partial charge in [-0.25, -0.2) is 13.2 Å². The number of piperidine rings is 1. The molecule has 170 valence electrons. The predicted molar refractivity (Wildman–Crippen MR) is 116 cm³/mol. The molecule has 0 radical (unpaired) electrons. The Labute approximate surface area is 182 Å². The lowest BCUT2D eigenvalue weighted by Gasteiger charge is -2.36. The SMILES string of the molecule is CCN1CCN(C(=O)CC2CCN(S(=O)(=O)c3ccc4c(c3)oc(=O)n4C)CC2)CC1. The number of benzene rings is 1. The quantitative estimate of drug-likeness (QED) is 0.677. The van der Waals surface area contributed by atoms with Gasteiger partial charge in [-0.1, -0.05) is 6.92 Å². The van der Waals surface area contributed by atoms with Gasteiger partial charge in [-0.3, -0.25) is 9.36 Å². The Kier molecular flexibility index (Phi) is 6.23. The Morgan fingerprint density at radius 1 is 1.10 bits per heavy atom. The van der Waals surface area contributed by atoms with E-state index in [1.54, 1.807) is 13.1 Å². The summed E-state index contributed by atoms with van der Waals surface area (Å²) < 4.78 is 34.1. The summed E-state index contributed by atoms with van der Waals surface area (Å²) in [4.78, 5) is 28.7. The molecule has 2 aromatic rings. The van der Waals surface area contributed by atoms with Crippen molar-refractivity contribution >= 4 is 27.0 Å². The number of carbonyl (C=O) groups is 1. The number of sulfonamides is 1. The van der Waals surface area contributed by atoms with Gasteiger partial charge in [0, 0.05) is 58.8 Å². The van der Waals surface area contributed by atoms with Crippen LogP contribution in [0.2, 0.25) is 0 Å². The Morgan fingerprint density at radius 2 is 1.77 bits per heavy atom. The van der Waals surface area contributed by atoms with Gasteiger partial charge in [-0.2, -0.15) is 4.31 Å². The molecular formula is C21H30N4O5S. The van der Waals surface area contributed by atoms with Gasteiger partial charge in [-0.05, 0) is 37.4 Å². The molecule has 2 fully saturated rings. The molecule has 4 rings (SSSR count). The van der Waals surface area contributed by atoms with Gasteiger partial charge < -0.3 is 14.2 Å². The second-order valence-electron chi connectivity index (χ2n) is 8.42. The number of oxazole rings is 1. The van der Waals surface area contributed by atoms with Crippen LogP contribution in [0.1, 0.15) is 26.2 Å². The Bertz CT molecular complexity index is 1110. The van der Waals surface area contributed by atoms with Crippen molar-refractivity contribution in [1.29, 1.82) is 0 Å². The zero-order chi connectivity index (χ0) is 22.2. The summed E-state index contributed by atoms with van der Waals surface area (Å²) in [7, 11) is -2.10. The van der Waals surface area contributed by atoms with Crippen LogP contribution >= 0.6 is 0 Å². The summed E-state index contributed by atoms with van der Waals surface area (Å²) in [6.07, 6.45) is 1.83. The fraction of sp³-hybridized carbons (Fsp3) is 0.619. The fourth-order valence-electron chi connectivity index (χ4n) is 4.47. The minimum Gasteiger partial charge on any atom is -0.408 e. The van der Waals surface area contributed by atoms with Crippen LogP contribution in [0, 0.1) is 5.92 Å². The normalized spacial score (nSPS) is 19.9. The van der Waals surface area contributed by atoms with Crippen molar-refractivity contribution in [2.45, 2.75) is 31.1 Å². The van der Waals surface area contributed by atoms with Crippen LogP contribution in [0.3, 0.4) is 0 Å². The highest BCUT2D eigenvalue weighted by atomic mass is 32.2. The Balaban J connectivity index is 1.36. The first-order chi connectivity index (χ1) is 14.8. The molecular weight excluding hydrogens is 420 g/mol. The molecule has 0 bridgehead atoms. The monoisotopic (exact) mass is 450 g/mol. The highest BCUT2D eigenvalue weighted by Crippen LogP contribution is 2.27. The van der Waals surface area contributed by atoms with Gasteiger partial charge in [-0.15, -0.1) is 0 Å². The second kappa shape index (κ2) is 8.76. The van der Waals surface area contributed by atoms with Crippen molar-refractivity contribution < 1.29 is 17.6 Å². The van der Waals surface area contributed by atoms with Crippen LogP contribution < -0.4 is 5.76 Å².